The Morgan fingerprint density at radius 1 is 1.24 bits per heavy atom. The maximum absolute atomic E-state index is 12.3. The zero-order valence-electron chi connectivity index (χ0n) is 19.9. The molecule has 0 unspecified atom stereocenters. The van der Waals surface area contributed by atoms with Crippen molar-refractivity contribution in [2.75, 3.05) is 38.8 Å². The highest BCUT2D eigenvalue weighted by atomic mass is 35.5. The average molecular weight is 482 g/mol. The van der Waals surface area contributed by atoms with Crippen molar-refractivity contribution in [2.24, 2.45) is 11.8 Å². The van der Waals surface area contributed by atoms with Gasteiger partial charge in [0, 0.05) is 23.5 Å². The summed E-state index contributed by atoms with van der Waals surface area (Å²) in [6.45, 7) is 2.36. The lowest BCUT2D eigenvalue weighted by Crippen LogP contribution is -2.48. The first-order valence-electron chi connectivity index (χ1n) is 12.1. The number of carbonyl (C=O) groups excluding carboxylic acids is 1. The van der Waals surface area contributed by atoms with Crippen molar-refractivity contribution in [1.82, 2.24) is 0 Å². The molecule has 0 saturated heterocycles. The van der Waals surface area contributed by atoms with Crippen LogP contribution in [0.2, 0.25) is 5.02 Å². The Kier molecular flexibility index (Phi) is 6.48. The zero-order valence-corrected chi connectivity index (χ0v) is 20.6. The molecule has 1 saturated carbocycles. The summed E-state index contributed by atoms with van der Waals surface area (Å²) >= 11 is 6.35. The van der Waals surface area contributed by atoms with E-state index in [1.165, 1.54) is 31.1 Å². The third-order valence-corrected chi connectivity index (χ3v) is 8.09. The van der Waals surface area contributed by atoms with E-state index >= 15 is 0 Å². The number of aryl methyl sites for hydroxylation is 1. The fourth-order valence-electron chi connectivity index (χ4n) is 5.90. The Hall–Kier alpha value is -2.66. The van der Waals surface area contributed by atoms with Crippen molar-refractivity contribution >= 4 is 23.3 Å². The topological polar surface area (TPSA) is 48.0 Å². The van der Waals surface area contributed by atoms with Crippen LogP contribution in [0.1, 0.15) is 47.2 Å². The normalized spacial score (nSPS) is 25.7. The van der Waals surface area contributed by atoms with E-state index in [9.17, 15) is 4.79 Å². The van der Waals surface area contributed by atoms with Crippen molar-refractivity contribution in [1.29, 1.82) is 0 Å². The second kappa shape index (κ2) is 9.53. The molecule has 1 aliphatic heterocycles. The zero-order chi connectivity index (χ0) is 23.7. The first kappa shape index (κ1) is 23.1. The molecule has 2 aromatic carbocycles. The van der Waals surface area contributed by atoms with E-state index < -0.39 is 0 Å². The van der Waals surface area contributed by atoms with Crippen LogP contribution < -0.4 is 9.64 Å². The predicted octanol–water partition coefficient (Wildman–Crippen LogP) is 5.79. The molecule has 0 aromatic heterocycles. The summed E-state index contributed by atoms with van der Waals surface area (Å²) in [5, 5.41) is 0.787. The van der Waals surface area contributed by atoms with E-state index in [4.69, 9.17) is 25.8 Å². The van der Waals surface area contributed by atoms with Crippen LogP contribution in [0.5, 0.6) is 5.75 Å². The van der Waals surface area contributed by atoms with Crippen LogP contribution in [0.3, 0.4) is 0 Å². The van der Waals surface area contributed by atoms with Crippen molar-refractivity contribution in [2.45, 2.75) is 37.5 Å². The van der Waals surface area contributed by atoms with Gasteiger partial charge in [0.2, 0.25) is 0 Å². The maximum atomic E-state index is 12.3. The minimum absolute atomic E-state index is 0.121. The van der Waals surface area contributed by atoms with Gasteiger partial charge in [0.1, 0.15) is 5.75 Å². The Morgan fingerprint density at radius 2 is 2.12 bits per heavy atom. The van der Waals surface area contributed by atoms with Gasteiger partial charge in [-0.2, -0.15) is 0 Å². The van der Waals surface area contributed by atoms with Gasteiger partial charge in [-0.15, -0.1) is 0 Å². The number of halogens is 1. The van der Waals surface area contributed by atoms with E-state index in [0.717, 1.165) is 48.8 Å². The Bertz CT molecular complexity index is 1100. The molecule has 1 spiro atoms. The number of fused-ring (bicyclic) bond motifs is 3. The van der Waals surface area contributed by atoms with Crippen LogP contribution in [0.25, 0.3) is 0 Å². The van der Waals surface area contributed by atoms with Gasteiger partial charge in [-0.3, -0.25) is 0 Å². The lowest BCUT2D eigenvalue weighted by molar-refractivity contribution is 0.0600. The Labute approximate surface area is 206 Å². The van der Waals surface area contributed by atoms with Crippen molar-refractivity contribution in [3.05, 3.63) is 70.4 Å². The number of nitrogens with zero attached hydrogens (tertiary/aromatic N) is 1. The van der Waals surface area contributed by atoms with E-state index in [-0.39, 0.29) is 11.4 Å². The van der Waals surface area contributed by atoms with Gasteiger partial charge in [-0.1, -0.05) is 17.7 Å². The van der Waals surface area contributed by atoms with Gasteiger partial charge in [0.05, 0.1) is 38.3 Å². The molecule has 3 atom stereocenters. The second-order valence-electron chi connectivity index (χ2n) is 9.84. The number of benzene rings is 2. The molecule has 3 aliphatic rings. The molecule has 5 nitrogen and oxygen atoms in total. The van der Waals surface area contributed by atoms with Crippen LogP contribution in [-0.2, 0) is 21.3 Å². The number of allylic oxidation sites excluding steroid dienone is 1. The molecule has 0 bridgehead atoms. The number of hydrogen-bond donors (Lipinski definition) is 0. The number of methoxy groups -OCH3 is 2. The minimum atomic E-state index is -0.330. The molecule has 34 heavy (non-hydrogen) atoms. The quantitative estimate of drug-likeness (QED) is 0.400. The minimum Gasteiger partial charge on any atom is -0.505 e. The van der Waals surface area contributed by atoms with Crippen molar-refractivity contribution in [3.8, 4) is 5.75 Å². The largest absolute Gasteiger partial charge is 0.505 e. The highest BCUT2D eigenvalue weighted by Crippen LogP contribution is 2.46. The summed E-state index contributed by atoms with van der Waals surface area (Å²) in [4.78, 5) is 14.8. The van der Waals surface area contributed by atoms with Gasteiger partial charge in [-0.25, -0.2) is 4.79 Å². The smallest absolute Gasteiger partial charge is 0.337 e. The van der Waals surface area contributed by atoms with Crippen LogP contribution in [0.15, 0.2) is 48.7 Å². The number of carbonyl (C=O) groups is 1. The van der Waals surface area contributed by atoms with E-state index in [0.29, 0.717) is 24.0 Å². The van der Waals surface area contributed by atoms with Gasteiger partial charge in [-0.05, 0) is 91.5 Å². The fourth-order valence-corrected chi connectivity index (χ4v) is 6.09. The predicted molar refractivity (Wildman–Crippen MR) is 134 cm³/mol. The van der Waals surface area contributed by atoms with Gasteiger partial charge >= 0.3 is 5.97 Å². The number of rotatable bonds is 5. The average Bonchev–Trinajstić information content (AvgIpc) is 2.98. The van der Waals surface area contributed by atoms with E-state index in [1.807, 2.05) is 18.2 Å². The van der Waals surface area contributed by atoms with Crippen LogP contribution in [0.4, 0.5) is 5.69 Å². The third kappa shape index (κ3) is 4.26. The molecule has 180 valence electrons. The third-order valence-electron chi connectivity index (χ3n) is 7.85. The molecule has 1 fully saturated rings. The first-order valence-corrected chi connectivity index (χ1v) is 12.5. The van der Waals surface area contributed by atoms with Crippen LogP contribution in [0, 0.1) is 11.8 Å². The number of esters is 1. The monoisotopic (exact) mass is 481 g/mol. The molecule has 2 aromatic rings. The highest BCUT2D eigenvalue weighted by Gasteiger charge is 2.43. The van der Waals surface area contributed by atoms with Crippen LogP contribution in [-0.4, -0.2) is 39.9 Å². The molecular weight excluding hydrogens is 450 g/mol. The lowest BCUT2D eigenvalue weighted by Gasteiger charge is -2.44. The molecule has 0 amide bonds. The molecule has 2 aliphatic carbocycles. The molecule has 0 N–H and O–H groups in total. The lowest BCUT2D eigenvalue weighted by atomic mass is 9.69. The summed E-state index contributed by atoms with van der Waals surface area (Å²) in [5.74, 6) is 1.53. The van der Waals surface area contributed by atoms with E-state index in [2.05, 4.69) is 23.1 Å². The summed E-state index contributed by atoms with van der Waals surface area (Å²) in [6, 6.07) is 12.0. The van der Waals surface area contributed by atoms with Crippen molar-refractivity contribution in [3.63, 3.8) is 0 Å². The van der Waals surface area contributed by atoms with Gasteiger partial charge in [0.25, 0.3) is 0 Å². The van der Waals surface area contributed by atoms with Crippen LogP contribution >= 0.6 is 11.6 Å². The Morgan fingerprint density at radius 3 is 2.88 bits per heavy atom. The molecule has 0 radical (unpaired) electrons. The fraction of sp³-hybridized carbons (Fsp3) is 0.464. The standard InChI is InChI=1S/C28H32ClNO4/c1-32-13-11-19-5-6-22(19)16-30-17-28(12-3-4-20-14-23(29)8-9-24(20)28)18-34-26-10-7-21(15-25(26)30)27(31)33-2/h7-11,13-15,19,22H,3-6,12,16-18H2,1-2H3/b13-11+/t19-,22-,28-/m0/s1. The van der Waals surface area contributed by atoms with Gasteiger partial charge in [0.15, 0.2) is 0 Å². The van der Waals surface area contributed by atoms with Crippen molar-refractivity contribution < 1.29 is 19.0 Å². The second-order valence-corrected chi connectivity index (χ2v) is 10.3. The Balaban J connectivity index is 1.53. The summed E-state index contributed by atoms with van der Waals surface area (Å²) in [5.41, 5.74) is 4.07. The van der Waals surface area contributed by atoms with E-state index in [1.54, 1.807) is 19.4 Å². The summed E-state index contributed by atoms with van der Waals surface area (Å²) in [7, 11) is 3.11. The SMILES string of the molecule is CO/C=C/[C@@H]1CC[C@H]1CN1C[C@@]2(CCCc3cc(Cl)ccc32)COc2ccc(C(=O)OC)cc21. The summed E-state index contributed by atoms with van der Waals surface area (Å²) < 4.78 is 16.7. The number of ether oxygens (including phenoxy) is 3. The number of hydrogen-bond acceptors (Lipinski definition) is 5. The molecule has 5 rings (SSSR count). The molecular formula is C28H32ClNO4. The summed E-state index contributed by atoms with van der Waals surface area (Å²) in [6.07, 6.45) is 9.56. The first-order chi connectivity index (χ1) is 16.5. The highest BCUT2D eigenvalue weighted by molar-refractivity contribution is 6.30. The molecule has 1 heterocycles. The van der Waals surface area contributed by atoms with Gasteiger partial charge < -0.3 is 19.1 Å². The number of anilines is 1. The maximum Gasteiger partial charge on any atom is 0.337 e. The molecule has 6 heteroatoms.